The first-order valence-corrected chi connectivity index (χ1v) is 9.83. The Labute approximate surface area is 155 Å². The van der Waals surface area contributed by atoms with Crippen LogP contribution in [-0.4, -0.2) is 46.8 Å². The number of aryl methyl sites for hydroxylation is 1. The zero-order valence-corrected chi connectivity index (χ0v) is 15.3. The Morgan fingerprint density at radius 1 is 1.04 bits per heavy atom. The van der Waals surface area contributed by atoms with Gasteiger partial charge in [-0.15, -0.1) is 0 Å². The number of nitrogens with zero attached hydrogens (tertiary/aromatic N) is 4. The lowest BCUT2D eigenvalue weighted by Crippen LogP contribution is -2.38. The minimum absolute atomic E-state index is 0.273. The number of piperidine rings is 1. The van der Waals surface area contributed by atoms with E-state index >= 15 is 0 Å². The lowest BCUT2D eigenvalue weighted by atomic mass is 9.93. The minimum atomic E-state index is 0.273. The first-order chi connectivity index (χ1) is 12.8. The van der Waals surface area contributed by atoms with Gasteiger partial charge in [-0.2, -0.15) is 5.10 Å². The first kappa shape index (κ1) is 17.3. The van der Waals surface area contributed by atoms with Crippen LogP contribution < -0.4 is 4.90 Å². The monoisotopic (exact) mass is 352 g/mol. The Morgan fingerprint density at radius 2 is 1.85 bits per heavy atom. The average molecular weight is 352 g/mol. The molecule has 0 N–H and O–H groups in total. The number of benzene rings is 1. The molecule has 138 valence electrons. The van der Waals surface area contributed by atoms with Gasteiger partial charge in [0, 0.05) is 44.1 Å². The van der Waals surface area contributed by atoms with Crippen molar-refractivity contribution in [3.8, 4) is 0 Å². The van der Waals surface area contributed by atoms with Gasteiger partial charge in [0.05, 0.1) is 0 Å². The molecule has 0 radical (unpaired) electrons. The number of aromatic nitrogens is 2. The zero-order valence-electron chi connectivity index (χ0n) is 15.3. The maximum Gasteiger partial charge on any atom is 0.227 e. The SMILES string of the molecule is O=C1C[C@H](CN2CCC(CCn3cccn3)CC2)CN1c1ccccc1. The fourth-order valence-electron chi connectivity index (χ4n) is 4.33. The zero-order chi connectivity index (χ0) is 17.8. The van der Waals surface area contributed by atoms with Gasteiger partial charge < -0.3 is 9.80 Å². The summed E-state index contributed by atoms with van der Waals surface area (Å²) >= 11 is 0. The topological polar surface area (TPSA) is 41.4 Å². The second-order valence-electron chi connectivity index (χ2n) is 7.71. The fourth-order valence-corrected chi connectivity index (χ4v) is 4.33. The van der Waals surface area contributed by atoms with E-state index in [9.17, 15) is 4.79 Å². The number of rotatable bonds is 6. The predicted octanol–water partition coefficient (Wildman–Crippen LogP) is 3.04. The molecule has 1 aromatic heterocycles. The molecule has 4 rings (SSSR count). The number of para-hydroxylation sites is 1. The lowest BCUT2D eigenvalue weighted by Gasteiger charge is -2.33. The van der Waals surface area contributed by atoms with Crippen molar-refractivity contribution in [3.05, 3.63) is 48.8 Å². The molecule has 5 heteroatoms. The Balaban J connectivity index is 1.22. The van der Waals surface area contributed by atoms with Gasteiger partial charge in [0.2, 0.25) is 5.91 Å². The summed E-state index contributed by atoms with van der Waals surface area (Å²) in [5.74, 6) is 1.54. The summed E-state index contributed by atoms with van der Waals surface area (Å²) in [6, 6.07) is 12.1. The molecule has 0 spiro atoms. The van der Waals surface area contributed by atoms with Crippen LogP contribution in [0.4, 0.5) is 5.69 Å². The van der Waals surface area contributed by atoms with Crippen molar-refractivity contribution in [3.63, 3.8) is 0 Å². The molecule has 1 atom stereocenters. The van der Waals surface area contributed by atoms with Crippen LogP contribution in [-0.2, 0) is 11.3 Å². The molecule has 0 bridgehead atoms. The standard InChI is InChI=1S/C21H28N4O/c26-21-15-19(17-25(21)20-5-2-1-3-6-20)16-23-12-7-18(8-13-23)9-14-24-11-4-10-22-24/h1-6,10-11,18-19H,7-9,12-17H2/t19-/m1/s1. The number of carbonyl (C=O) groups is 1. The van der Waals surface area contributed by atoms with Crippen LogP contribution in [0.5, 0.6) is 0 Å². The van der Waals surface area contributed by atoms with Crippen molar-refractivity contribution < 1.29 is 4.79 Å². The van der Waals surface area contributed by atoms with Gasteiger partial charge >= 0.3 is 0 Å². The first-order valence-electron chi connectivity index (χ1n) is 9.83. The van der Waals surface area contributed by atoms with E-state index in [1.165, 1.54) is 32.4 Å². The molecule has 2 saturated heterocycles. The van der Waals surface area contributed by atoms with Gasteiger partial charge in [0.1, 0.15) is 0 Å². The lowest BCUT2D eigenvalue weighted by molar-refractivity contribution is -0.117. The summed E-state index contributed by atoms with van der Waals surface area (Å²) in [5, 5.41) is 4.29. The summed E-state index contributed by atoms with van der Waals surface area (Å²) in [4.78, 5) is 16.9. The van der Waals surface area contributed by atoms with Crippen LogP contribution in [0.2, 0.25) is 0 Å². The summed E-state index contributed by atoms with van der Waals surface area (Å²) in [6.07, 6.45) is 8.34. The van der Waals surface area contributed by atoms with Crippen molar-refractivity contribution in [2.24, 2.45) is 11.8 Å². The van der Waals surface area contributed by atoms with Gasteiger partial charge in [-0.1, -0.05) is 18.2 Å². The van der Waals surface area contributed by atoms with E-state index in [4.69, 9.17) is 0 Å². The molecule has 2 aromatic rings. The van der Waals surface area contributed by atoms with Crippen LogP contribution in [0, 0.1) is 11.8 Å². The third kappa shape index (κ3) is 4.15. The number of hydrogen-bond acceptors (Lipinski definition) is 3. The Morgan fingerprint density at radius 3 is 2.58 bits per heavy atom. The fraction of sp³-hybridized carbons (Fsp3) is 0.524. The molecular formula is C21H28N4O. The smallest absolute Gasteiger partial charge is 0.227 e. The predicted molar refractivity (Wildman–Crippen MR) is 103 cm³/mol. The van der Waals surface area contributed by atoms with Gasteiger partial charge in [-0.3, -0.25) is 9.48 Å². The summed E-state index contributed by atoms with van der Waals surface area (Å²) in [7, 11) is 0. The highest BCUT2D eigenvalue weighted by Crippen LogP contribution is 2.27. The minimum Gasteiger partial charge on any atom is -0.312 e. The van der Waals surface area contributed by atoms with Crippen LogP contribution >= 0.6 is 0 Å². The molecule has 2 fully saturated rings. The normalized spacial score (nSPS) is 22.2. The number of carbonyl (C=O) groups excluding carboxylic acids is 1. The molecule has 26 heavy (non-hydrogen) atoms. The molecule has 0 aliphatic carbocycles. The number of likely N-dealkylation sites (tertiary alicyclic amines) is 1. The molecule has 5 nitrogen and oxygen atoms in total. The van der Waals surface area contributed by atoms with Gasteiger partial charge in [-0.25, -0.2) is 0 Å². The van der Waals surface area contributed by atoms with Crippen LogP contribution in [0.25, 0.3) is 0 Å². The molecular weight excluding hydrogens is 324 g/mol. The van der Waals surface area contributed by atoms with Gasteiger partial charge in [0.15, 0.2) is 0 Å². The second-order valence-corrected chi connectivity index (χ2v) is 7.71. The van der Waals surface area contributed by atoms with Crippen molar-refractivity contribution in [1.82, 2.24) is 14.7 Å². The summed E-state index contributed by atoms with van der Waals surface area (Å²) in [6.45, 7) is 5.28. The molecule has 2 aliphatic rings. The Kier molecular flexibility index (Phi) is 5.34. The molecule has 0 unspecified atom stereocenters. The third-order valence-electron chi connectivity index (χ3n) is 5.82. The van der Waals surface area contributed by atoms with Crippen LogP contribution in [0.15, 0.2) is 48.8 Å². The highest BCUT2D eigenvalue weighted by Gasteiger charge is 2.32. The largest absolute Gasteiger partial charge is 0.312 e. The van der Waals surface area contributed by atoms with Crippen molar-refractivity contribution in [2.45, 2.75) is 32.2 Å². The van der Waals surface area contributed by atoms with E-state index in [1.807, 2.05) is 58.4 Å². The van der Waals surface area contributed by atoms with E-state index < -0.39 is 0 Å². The maximum atomic E-state index is 12.4. The Bertz CT molecular complexity index is 692. The highest BCUT2D eigenvalue weighted by molar-refractivity contribution is 5.95. The number of anilines is 1. The molecule has 1 amide bonds. The van der Waals surface area contributed by atoms with E-state index in [1.54, 1.807) is 0 Å². The highest BCUT2D eigenvalue weighted by atomic mass is 16.2. The van der Waals surface area contributed by atoms with Crippen molar-refractivity contribution in [2.75, 3.05) is 31.1 Å². The summed E-state index contributed by atoms with van der Waals surface area (Å²) < 4.78 is 2.04. The van der Waals surface area contributed by atoms with Crippen LogP contribution in [0.1, 0.15) is 25.7 Å². The third-order valence-corrected chi connectivity index (χ3v) is 5.82. The van der Waals surface area contributed by atoms with Crippen LogP contribution in [0.3, 0.4) is 0 Å². The van der Waals surface area contributed by atoms with E-state index in [0.29, 0.717) is 12.3 Å². The van der Waals surface area contributed by atoms with E-state index in [0.717, 1.165) is 31.2 Å². The van der Waals surface area contributed by atoms with Gasteiger partial charge in [-0.05, 0) is 62.4 Å². The number of hydrogen-bond donors (Lipinski definition) is 0. The summed E-state index contributed by atoms with van der Waals surface area (Å²) in [5.41, 5.74) is 1.04. The maximum absolute atomic E-state index is 12.4. The molecule has 1 aromatic carbocycles. The molecule has 2 aliphatic heterocycles. The molecule has 0 saturated carbocycles. The van der Waals surface area contributed by atoms with E-state index in [-0.39, 0.29) is 5.91 Å². The van der Waals surface area contributed by atoms with Gasteiger partial charge in [0.25, 0.3) is 0 Å². The Hall–Kier alpha value is -2.14. The van der Waals surface area contributed by atoms with Crippen molar-refractivity contribution >= 4 is 11.6 Å². The molecule has 3 heterocycles. The van der Waals surface area contributed by atoms with Crippen molar-refractivity contribution in [1.29, 1.82) is 0 Å². The quantitative estimate of drug-likeness (QED) is 0.802. The second kappa shape index (κ2) is 8.04. The number of amides is 1. The van der Waals surface area contributed by atoms with E-state index in [2.05, 4.69) is 10.00 Å². The average Bonchev–Trinajstić information content (AvgIpc) is 3.31.